The number of alkyl halides is 3. The molecule has 2 N–H and O–H groups in total. The first kappa shape index (κ1) is 26.1. The van der Waals surface area contributed by atoms with E-state index in [4.69, 9.17) is 0 Å². The molecule has 2 aromatic carbocycles. The number of aliphatic carboxylic acids is 1. The molecule has 3 aromatic rings. The van der Waals surface area contributed by atoms with Gasteiger partial charge in [0.05, 0.1) is 12.1 Å². The first-order valence-corrected chi connectivity index (χ1v) is 11.1. The van der Waals surface area contributed by atoms with E-state index in [9.17, 15) is 32.7 Å². The number of hydrogen-bond acceptors (Lipinski definition) is 6. The van der Waals surface area contributed by atoms with Gasteiger partial charge < -0.3 is 9.84 Å². The van der Waals surface area contributed by atoms with Gasteiger partial charge in [-0.05, 0) is 50.6 Å². The smallest absolute Gasteiger partial charge is 0.433 e. The van der Waals surface area contributed by atoms with Gasteiger partial charge in [0.25, 0.3) is 6.10 Å². The van der Waals surface area contributed by atoms with Crippen molar-refractivity contribution < 1.29 is 32.6 Å². The second-order valence-electron chi connectivity index (χ2n) is 8.23. The van der Waals surface area contributed by atoms with Gasteiger partial charge in [-0.3, -0.25) is 9.78 Å². The van der Waals surface area contributed by atoms with Crippen LogP contribution in [0.5, 0.6) is 0 Å². The number of carbonyl (C=O) groups is 2. The van der Waals surface area contributed by atoms with Crippen LogP contribution < -0.4 is 5.69 Å². The standard InChI is InChI=1S/C23H22F3N3O5S/c1-13-4-6-14(7-5-13)12-29-21(33)27-18(28-29)17(23(24,25)26)34-19(30)15-8-10-16(11-9-15)35-22(2,3)20(31)32/h4-11,17H,12H2,1-3H3,(H,31,32)(H,27,28,33)/t17-/m0/s1. The van der Waals surface area contributed by atoms with Crippen molar-refractivity contribution >= 4 is 23.7 Å². The van der Waals surface area contributed by atoms with Gasteiger partial charge in [0.2, 0.25) is 0 Å². The second kappa shape index (κ2) is 9.98. The summed E-state index contributed by atoms with van der Waals surface area (Å²) in [7, 11) is 0. The molecule has 1 heterocycles. The Labute approximate surface area is 202 Å². The fourth-order valence-corrected chi connectivity index (χ4v) is 3.86. The first-order chi connectivity index (χ1) is 16.3. The average Bonchev–Trinajstić information content (AvgIpc) is 3.12. The van der Waals surface area contributed by atoms with Crippen LogP contribution in [0.3, 0.4) is 0 Å². The molecule has 8 nitrogen and oxygen atoms in total. The van der Waals surface area contributed by atoms with E-state index in [1.54, 1.807) is 24.3 Å². The highest BCUT2D eigenvalue weighted by Crippen LogP contribution is 2.35. The minimum absolute atomic E-state index is 0.0695. The number of rotatable bonds is 8. The lowest BCUT2D eigenvalue weighted by Crippen LogP contribution is -2.28. The van der Waals surface area contributed by atoms with Crippen LogP contribution in [0.1, 0.15) is 47.3 Å². The fraction of sp³-hybridized carbons (Fsp3) is 0.304. The summed E-state index contributed by atoms with van der Waals surface area (Å²) in [6.45, 7) is 4.79. The second-order valence-corrected chi connectivity index (χ2v) is 9.92. The Morgan fingerprint density at radius 1 is 1.11 bits per heavy atom. The Hall–Kier alpha value is -3.54. The van der Waals surface area contributed by atoms with Crippen molar-refractivity contribution in [1.29, 1.82) is 0 Å². The van der Waals surface area contributed by atoms with Gasteiger partial charge in [-0.2, -0.15) is 18.3 Å². The number of carboxylic acid groups (broad SMARTS) is 1. The maximum absolute atomic E-state index is 13.7. The highest BCUT2D eigenvalue weighted by molar-refractivity contribution is 8.01. The topological polar surface area (TPSA) is 114 Å². The van der Waals surface area contributed by atoms with Crippen molar-refractivity contribution in [3.63, 3.8) is 0 Å². The number of benzene rings is 2. The molecule has 0 aliphatic rings. The van der Waals surface area contributed by atoms with E-state index >= 15 is 0 Å². The van der Waals surface area contributed by atoms with Crippen LogP contribution >= 0.6 is 11.8 Å². The summed E-state index contributed by atoms with van der Waals surface area (Å²) in [5, 5.41) is 12.9. The molecule has 0 bridgehead atoms. The summed E-state index contributed by atoms with van der Waals surface area (Å²) in [5.41, 5.74) is 0.567. The van der Waals surface area contributed by atoms with Gasteiger partial charge in [-0.25, -0.2) is 14.3 Å². The number of halogens is 3. The number of carboxylic acids is 1. The summed E-state index contributed by atoms with van der Waals surface area (Å²) in [6.07, 6.45) is -7.83. The normalized spacial score (nSPS) is 12.9. The van der Waals surface area contributed by atoms with Crippen molar-refractivity contribution in [2.75, 3.05) is 0 Å². The van der Waals surface area contributed by atoms with Gasteiger partial charge in [-0.1, -0.05) is 29.8 Å². The van der Waals surface area contributed by atoms with Gasteiger partial charge in [0.15, 0.2) is 5.82 Å². The van der Waals surface area contributed by atoms with Crippen LogP contribution in [-0.2, 0) is 16.1 Å². The summed E-state index contributed by atoms with van der Waals surface area (Å²) in [5.74, 6) is -3.18. The molecule has 0 spiro atoms. The molecule has 0 unspecified atom stereocenters. The average molecular weight is 510 g/mol. The van der Waals surface area contributed by atoms with Gasteiger partial charge in [-0.15, -0.1) is 11.8 Å². The number of aromatic amines is 1. The Kier molecular flexibility index (Phi) is 7.44. The zero-order valence-corrected chi connectivity index (χ0v) is 19.7. The molecular weight excluding hydrogens is 487 g/mol. The summed E-state index contributed by atoms with van der Waals surface area (Å²) >= 11 is 1.01. The SMILES string of the molecule is Cc1ccc(Cn2nc([C@H](OC(=O)c3ccc(SC(C)(C)C(=O)O)cc3)C(F)(F)F)[nH]c2=O)cc1. The van der Waals surface area contributed by atoms with Crippen LogP contribution in [0.4, 0.5) is 13.2 Å². The van der Waals surface area contributed by atoms with E-state index in [0.717, 1.165) is 22.0 Å². The van der Waals surface area contributed by atoms with Crippen LogP contribution in [0, 0.1) is 6.92 Å². The molecule has 0 aliphatic carbocycles. The Bertz CT molecular complexity index is 1270. The molecule has 0 saturated carbocycles. The number of esters is 1. The molecular formula is C23H22F3N3O5S. The molecule has 1 atom stereocenters. The van der Waals surface area contributed by atoms with Crippen LogP contribution in [-0.4, -0.2) is 42.7 Å². The first-order valence-electron chi connectivity index (χ1n) is 10.3. The van der Waals surface area contributed by atoms with E-state index < -0.39 is 40.5 Å². The lowest BCUT2D eigenvalue weighted by atomic mass is 10.1. The molecule has 0 aliphatic heterocycles. The van der Waals surface area contributed by atoms with Gasteiger partial charge in [0, 0.05) is 4.90 Å². The number of thioether (sulfide) groups is 1. The number of H-pyrrole nitrogens is 1. The fourth-order valence-electron chi connectivity index (χ4n) is 2.92. The van der Waals surface area contributed by atoms with E-state index in [1.807, 2.05) is 11.9 Å². The number of carbonyl (C=O) groups excluding carboxylic acids is 1. The maximum atomic E-state index is 13.7. The van der Waals surface area contributed by atoms with Crippen molar-refractivity contribution in [3.05, 3.63) is 81.5 Å². The van der Waals surface area contributed by atoms with Crippen LogP contribution in [0.15, 0.2) is 58.2 Å². The van der Waals surface area contributed by atoms with Crippen molar-refractivity contribution in [2.45, 2.75) is 49.2 Å². The van der Waals surface area contributed by atoms with Crippen LogP contribution in [0.2, 0.25) is 0 Å². The third-order valence-electron chi connectivity index (χ3n) is 4.90. The van der Waals surface area contributed by atoms with Gasteiger partial charge in [0.1, 0.15) is 4.75 Å². The molecule has 1 aromatic heterocycles. The molecule has 0 radical (unpaired) electrons. The zero-order valence-electron chi connectivity index (χ0n) is 18.9. The van der Waals surface area contributed by atoms with E-state index in [0.29, 0.717) is 10.5 Å². The number of aryl methyl sites for hydroxylation is 1. The molecule has 0 saturated heterocycles. The van der Waals surface area contributed by atoms with E-state index in [-0.39, 0.29) is 12.1 Å². The van der Waals surface area contributed by atoms with Crippen LogP contribution in [0.25, 0.3) is 0 Å². The number of hydrogen-bond donors (Lipinski definition) is 2. The molecule has 35 heavy (non-hydrogen) atoms. The lowest BCUT2D eigenvalue weighted by Gasteiger charge is -2.19. The van der Waals surface area contributed by atoms with Crippen molar-refractivity contribution in [2.24, 2.45) is 0 Å². The third kappa shape index (κ3) is 6.53. The van der Waals surface area contributed by atoms with Crippen molar-refractivity contribution in [1.82, 2.24) is 14.8 Å². The minimum atomic E-state index is -5.04. The number of aromatic nitrogens is 3. The number of ether oxygens (including phenoxy) is 1. The third-order valence-corrected chi connectivity index (χ3v) is 6.09. The predicted octanol–water partition coefficient (Wildman–Crippen LogP) is 4.34. The monoisotopic (exact) mass is 509 g/mol. The molecule has 186 valence electrons. The molecule has 0 fully saturated rings. The van der Waals surface area contributed by atoms with Crippen molar-refractivity contribution in [3.8, 4) is 0 Å². The summed E-state index contributed by atoms with van der Waals surface area (Å²) in [6, 6.07) is 12.3. The molecule has 0 amide bonds. The minimum Gasteiger partial charge on any atom is -0.480 e. The Morgan fingerprint density at radius 3 is 2.26 bits per heavy atom. The zero-order chi connectivity index (χ0) is 26.0. The quantitative estimate of drug-likeness (QED) is 0.343. The summed E-state index contributed by atoms with van der Waals surface area (Å²) in [4.78, 5) is 38.4. The number of nitrogens with zero attached hydrogens (tertiary/aromatic N) is 2. The highest BCUT2D eigenvalue weighted by atomic mass is 32.2. The Morgan fingerprint density at radius 2 is 1.71 bits per heavy atom. The molecule has 12 heteroatoms. The van der Waals surface area contributed by atoms with Gasteiger partial charge >= 0.3 is 23.8 Å². The largest absolute Gasteiger partial charge is 0.480 e. The maximum Gasteiger partial charge on any atom is 0.433 e. The van der Waals surface area contributed by atoms with E-state index in [1.165, 1.54) is 38.1 Å². The highest BCUT2D eigenvalue weighted by Gasteiger charge is 2.47. The summed E-state index contributed by atoms with van der Waals surface area (Å²) < 4.78 is 45.5. The number of nitrogens with one attached hydrogen (secondary N) is 1. The van der Waals surface area contributed by atoms with E-state index in [2.05, 4.69) is 9.84 Å². The Balaban J connectivity index is 1.79. The molecule has 3 rings (SSSR count). The predicted molar refractivity (Wildman–Crippen MR) is 121 cm³/mol. The lowest BCUT2D eigenvalue weighted by molar-refractivity contribution is -0.209.